The fourth-order valence-electron chi connectivity index (χ4n) is 6.54. The summed E-state index contributed by atoms with van der Waals surface area (Å²) in [6.07, 6.45) is 5.93. The summed E-state index contributed by atoms with van der Waals surface area (Å²) in [5, 5.41) is 14.0. The molecule has 0 radical (unpaired) electrons. The van der Waals surface area contributed by atoms with Gasteiger partial charge in [0.15, 0.2) is 11.2 Å². The number of aromatic nitrogens is 5. The van der Waals surface area contributed by atoms with Gasteiger partial charge in [-0.2, -0.15) is 5.10 Å². The van der Waals surface area contributed by atoms with Gasteiger partial charge in [0.25, 0.3) is 5.91 Å². The van der Waals surface area contributed by atoms with Crippen molar-refractivity contribution in [2.75, 3.05) is 11.9 Å². The molecule has 1 saturated carbocycles. The van der Waals surface area contributed by atoms with Crippen LogP contribution >= 0.6 is 11.3 Å². The van der Waals surface area contributed by atoms with Crippen LogP contribution < -0.4 is 10.6 Å². The van der Waals surface area contributed by atoms with Crippen LogP contribution in [-0.2, 0) is 27.9 Å². The average Bonchev–Trinajstić information content (AvgIpc) is 3.41. The van der Waals surface area contributed by atoms with Gasteiger partial charge in [-0.05, 0) is 75.3 Å². The number of carbonyl (C=O) groups is 2. The number of halogens is 1. The third-order valence-electron chi connectivity index (χ3n) is 9.13. The highest BCUT2D eigenvalue weighted by Gasteiger charge is 2.44. The minimum atomic E-state index is -1.01. The van der Waals surface area contributed by atoms with Gasteiger partial charge in [-0.1, -0.05) is 30.3 Å². The van der Waals surface area contributed by atoms with E-state index >= 15 is 0 Å². The molecule has 10 nitrogen and oxygen atoms in total. The minimum absolute atomic E-state index is 0.0766. The molecule has 2 amide bonds. The quantitative estimate of drug-likeness (QED) is 0.193. The van der Waals surface area contributed by atoms with Crippen molar-refractivity contribution in [1.29, 1.82) is 0 Å². The number of aryl methyl sites for hydroxylation is 2. The monoisotopic (exact) mass is 655 g/mol. The van der Waals surface area contributed by atoms with Crippen LogP contribution in [0.2, 0.25) is 0 Å². The number of alkyl carbamates (subject to hydrolysis) is 1. The largest absolute Gasteiger partial charge is 0.444 e. The molecule has 4 heterocycles. The fraction of sp³-hybridized carbons (Fsp3) is 0.400. The lowest BCUT2D eigenvalue weighted by Crippen LogP contribution is -2.37. The Morgan fingerprint density at radius 2 is 1.94 bits per heavy atom. The van der Waals surface area contributed by atoms with Crippen LogP contribution in [0.15, 0.2) is 54.4 Å². The smallest absolute Gasteiger partial charge is 0.407 e. The van der Waals surface area contributed by atoms with Crippen molar-refractivity contribution in [3.63, 3.8) is 0 Å². The molecule has 0 saturated heterocycles. The van der Waals surface area contributed by atoms with E-state index in [1.165, 1.54) is 16.9 Å². The standard InChI is InChI=1S/C35H38FN7O3S/c1-20-14-25(22-6-8-23(9-7-22)35(10-11-35)18-38-33(45)46-34(3,4)5)21(2)28-26(20)17-43(41-28)30(31(44)40-32-37-12-13-47-32)29-27-15-24(36)16-42(27)19-39-29/h6-9,12-14,17,19,24,30H,10-11,15-16,18H2,1-5H3,(H,38,45)(H,37,40,44)/t24-,30?/m1/s1. The number of rotatable bonds is 8. The Morgan fingerprint density at radius 1 is 1.17 bits per heavy atom. The number of amides is 2. The first kappa shape index (κ1) is 31.0. The van der Waals surface area contributed by atoms with Crippen LogP contribution in [0, 0.1) is 13.8 Å². The first-order valence-electron chi connectivity index (χ1n) is 15.9. The van der Waals surface area contributed by atoms with E-state index in [2.05, 4.69) is 50.9 Å². The predicted octanol–water partition coefficient (Wildman–Crippen LogP) is 6.65. The lowest BCUT2D eigenvalue weighted by molar-refractivity contribution is -0.118. The van der Waals surface area contributed by atoms with Crippen molar-refractivity contribution in [3.8, 4) is 11.1 Å². The molecular formula is C35H38FN7O3S. The Kier molecular flexibility index (Phi) is 7.65. The molecule has 1 fully saturated rings. The summed E-state index contributed by atoms with van der Waals surface area (Å²) >= 11 is 1.33. The van der Waals surface area contributed by atoms with E-state index < -0.39 is 23.9 Å². The average molecular weight is 656 g/mol. The van der Waals surface area contributed by atoms with E-state index in [-0.39, 0.29) is 24.3 Å². The first-order valence-corrected chi connectivity index (χ1v) is 16.7. The summed E-state index contributed by atoms with van der Waals surface area (Å²) in [5.74, 6) is -0.335. The Hall–Kier alpha value is -4.58. The van der Waals surface area contributed by atoms with Gasteiger partial charge in [-0.3, -0.25) is 14.8 Å². The van der Waals surface area contributed by atoms with Gasteiger partial charge in [0, 0.05) is 47.2 Å². The molecule has 2 aliphatic rings. The third-order valence-corrected chi connectivity index (χ3v) is 9.82. The Morgan fingerprint density at radius 3 is 2.62 bits per heavy atom. The molecule has 2 N–H and O–H groups in total. The number of nitrogens with one attached hydrogen (secondary N) is 2. The van der Waals surface area contributed by atoms with Crippen LogP contribution in [0.25, 0.3) is 22.0 Å². The first-order chi connectivity index (χ1) is 22.4. The van der Waals surface area contributed by atoms with E-state index in [1.54, 1.807) is 27.2 Å². The number of carbonyl (C=O) groups excluding carboxylic acids is 2. The van der Waals surface area contributed by atoms with E-state index in [1.807, 2.05) is 40.8 Å². The molecule has 0 bridgehead atoms. The molecule has 1 aliphatic heterocycles. The number of hydrogen-bond acceptors (Lipinski definition) is 7. The number of alkyl halides is 1. The SMILES string of the molecule is Cc1cc(-c2ccc(C3(CNC(=O)OC(C)(C)C)CC3)cc2)c(C)c2nn(C(C(=O)Nc3nccs3)c3ncn4c3C[C@@H](F)C4)cc12. The maximum atomic E-state index is 14.4. The lowest BCUT2D eigenvalue weighted by Gasteiger charge is -2.22. The number of benzene rings is 2. The molecule has 0 spiro atoms. The Balaban J connectivity index is 1.19. The summed E-state index contributed by atoms with van der Waals surface area (Å²) in [4.78, 5) is 34.9. The number of hydrogen-bond donors (Lipinski definition) is 2. The number of anilines is 1. The van der Waals surface area contributed by atoms with Crippen molar-refractivity contribution in [2.24, 2.45) is 0 Å². The Labute approximate surface area is 276 Å². The van der Waals surface area contributed by atoms with Gasteiger partial charge in [-0.15, -0.1) is 11.3 Å². The maximum absolute atomic E-state index is 14.4. The molecule has 1 aliphatic carbocycles. The van der Waals surface area contributed by atoms with Gasteiger partial charge in [0.2, 0.25) is 0 Å². The zero-order valence-electron chi connectivity index (χ0n) is 27.1. The number of nitrogens with zero attached hydrogens (tertiary/aromatic N) is 5. The number of thiazole rings is 1. The van der Waals surface area contributed by atoms with Crippen molar-refractivity contribution in [2.45, 2.75) is 83.7 Å². The van der Waals surface area contributed by atoms with E-state index in [0.29, 0.717) is 23.1 Å². The third kappa shape index (κ3) is 6.02. The molecule has 244 valence electrons. The zero-order chi connectivity index (χ0) is 33.1. The molecular weight excluding hydrogens is 617 g/mol. The summed E-state index contributed by atoms with van der Waals surface area (Å²) in [6, 6.07) is 9.79. The maximum Gasteiger partial charge on any atom is 0.407 e. The van der Waals surface area contributed by atoms with Gasteiger partial charge >= 0.3 is 6.09 Å². The molecule has 2 atom stereocenters. The molecule has 2 aromatic carbocycles. The van der Waals surface area contributed by atoms with Gasteiger partial charge in [0.05, 0.1) is 24.1 Å². The minimum Gasteiger partial charge on any atom is -0.444 e. The number of ether oxygens (including phenoxy) is 1. The van der Waals surface area contributed by atoms with E-state index in [0.717, 1.165) is 46.0 Å². The molecule has 12 heteroatoms. The molecule has 5 aromatic rings. The second-order valence-electron chi connectivity index (χ2n) is 13.7. The van der Waals surface area contributed by atoms with Crippen LogP contribution in [0.4, 0.5) is 14.3 Å². The normalized spacial score (nSPS) is 17.4. The van der Waals surface area contributed by atoms with Crippen molar-refractivity contribution in [3.05, 3.63) is 82.5 Å². The van der Waals surface area contributed by atoms with Crippen molar-refractivity contribution >= 4 is 39.4 Å². The number of imidazole rings is 1. The van der Waals surface area contributed by atoms with Gasteiger partial charge < -0.3 is 14.6 Å². The summed E-state index contributed by atoms with van der Waals surface area (Å²) in [6.45, 7) is 10.4. The van der Waals surface area contributed by atoms with Crippen molar-refractivity contribution < 1.29 is 18.7 Å². The molecule has 3 aromatic heterocycles. The zero-order valence-corrected chi connectivity index (χ0v) is 27.9. The van der Waals surface area contributed by atoms with E-state index in [9.17, 15) is 14.0 Å². The predicted molar refractivity (Wildman–Crippen MR) is 180 cm³/mol. The van der Waals surface area contributed by atoms with Crippen LogP contribution in [-0.4, -0.2) is 54.6 Å². The van der Waals surface area contributed by atoms with E-state index in [4.69, 9.17) is 9.84 Å². The van der Waals surface area contributed by atoms with Gasteiger partial charge in [-0.25, -0.2) is 19.2 Å². The van der Waals surface area contributed by atoms with Crippen LogP contribution in [0.3, 0.4) is 0 Å². The molecule has 7 rings (SSSR count). The Bertz CT molecular complexity index is 1970. The van der Waals surface area contributed by atoms with Gasteiger partial charge in [0.1, 0.15) is 11.8 Å². The fourth-order valence-corrected chi connectivity index (χ4v) is 7.08. The summed E-state index contributed by atoms with van der Waals surface area (Å²) < 4.78 is 23.3. The molecule has 1 unspecified atom stereocenters. The second kappa shape index (κ2) is 11.6. The second-order valence-corrected chi connectivity index (χ2v) is 14.6. The highest BCUT2D eigenvalue weighted by Crippen LogP contribution is 2.48. The number of fused-ring (bicyclic) bond motifs is 2. The summed E-state index contributed by atoms with van der Waals surface area (Å²) in [7, 11) is 0. The van der Waals surface area contributed by atoms with Crippen LogP contribution in [0.5, 0.6) is 0 Å². The lowest BCUT2D eigenvalue weighted by atomic mass is 9.91. The van der Waals surface area contributed by atoms with Crippen LogP contribution in [0.1, 0.15) is 67.7 Å². The highest BCUT2D eigenvalue weighted by atomic mass is 32.1. The molecule has 47 heavy (non-hydrogen) atoms. The highest BCUT2D eigenvalue weighted by molar-refractivity contribution is 7.13. The van der Waals surface area contributed by atoms with Crippen molar-refractivity contribution in [1.82, 2.24) is 29.6 Å². The topological polar surface area (TPSA) is 116 Å². The summed E-state index contributed by atoms with van der Waals surface area (Å²) in [5.41, 5.74) is 6.68.